The second-order valence-electron chi connectivity index (χ2n) is 5.56. The van der Waals surface area contributed by atoms with E-state index in [0.29, 0.717) is 13.0 Å². The van der Waals surface area contributed by atoms with Gasteiger partial charge in [0.1, 0.15) is 5.75 Å². The monoisotopic (exact) mass is 292 g/mol. The van der Waals surface area contributed by atoms with Crippen LogP contribution in [0.5, 0.6) is 5.75 Å². The summed E-state index contributed by atoms with van der Waals surface area (Å²) in [7, 11) is 0. The zero-order chi connectivity index (χ0) is 15.2. The van der Waals surface area contributed by atoms with E-state index in [9.17, 15) is 9.90 Å². The van der Waals surface area contributed by atoms with Gasteiger partial charge in [-0.15, -0.1) is 0 Å². The smallest absolute Gasteiger partial charge is 0.225 e. The standard InChI is InChI=1S/C16H24N2O3/c1-13(2)21-11-6-16(20)18-9-7-17(8-10-18)14-4-3-5-15(19)12-14/h3-5,12-13,19H,6-11H2,1-2H3. The van der Waals surface area contributed by atoms with Gasteiger partial charge in [-0.2, -0.15) is 0 Å². The number of aromatic hydroxyl groups is 1. The molecular formula is C16H24N2O3. The number of hydrogen-bond acceptors (Lipinski definition) is 4. The fraction of sp³-hybridized carbons (Fsp3) is 0.562. The van der Waals surface area contributed by atoms with Crippen LogP contribution in [0.25, 0.3) is 0 Å². The molecule has 1 fully saturated rings. The first-order valence-electron chi connectivity index (χ1n) is 7.49. The molecule has 0 aromatic heterocycles. The van der Waals surface area contributed by atoms with Crippen molar-refractivity contribution < 1.29 is 14.6 Å². The van der Waals surface area contributed by atoms with Crippen LogP contribution >= 0.6 is 0 Å². The second-order valence-corrected chi connectivity index (χ2v) is 5.56. The number of amides is 1. The average Bonchev–Trinajstić information content (AvgIpc) is 2.47. The van der Waals surface area contributed by atoms with Crippen molar-refractivity contribution in [2.45, 2.75) is 26.4 Å². The summed E-state index contributed by atoms with van der Waals surface area (Å²) in [6.45, 7) is 7.45. The molecule has 5 heteroatoms. The number of anilines is 1. The van der Waals surface area contributed by atoms with Crippen LogP contribution in [-0.2, 0) is 9.53 Å². The molecule has 1 saturated heterocycles. The molecule has 5 nitrogen and oxygen atoms in total. The highest BCUT2D eigenvalue weighted by Crippen LogP contribution is 2.21. The maximum Gasteiger partial charge on any atom is 0.225 e. The molecule has 1 aliphatic rings. The number of piperazine rings is 1. The Kier molecular flexibility index (Phi) is 5.44. The van der Waals surface area contributed by atoms with Crippen molar-refractivity contribution in [2.24, 2.45) is 0 Å². The van der Waals surface area contributed by atoms with Crippen LogP contribution in [0, 0.1) is 0 Å². The van der Waals surface area contributed by atoms with E-state index in [2.05, 4.69) is 4.90 Å². The lowest BCUT2D eigenvalue weighted by Crippen LogP contribution is -2.49. The molecule has 116 valence electrons. The predicted octanol–water partition coefficient (Wildman–Crippen LogP) is 1.86. The van der Waals surface area contributed by atoms with Crippen molar-refractivity contribution in [2.75, 3.05) is 37.7 Å². The summed E-state index contributed by atoms with van der Waals surface area (Å²) >= 11 is 0. The van der Waals surface area contributed by atoms with Crippen molar-refractivity contribution in [3.63, 3.8) is 0 Å². The summed E-state index contributed by atoms with van der Waals surface area (Å²) in [5, 5.41) is 9.52. The molecule has 0 unspecified atom stereocenters. The number of nitrogens with zero attached hydrogens (tertiary/aromatic N) is 2. The Bertz CT molecular complexity index is 468. The highest BCUT2D eigenvalue weighted by molar-refractivity contribution is 5.76. The summed E-state index contributed by atoms with van der Waals surface area (Å²) in [6.07, 6.45) is 0.616. The van der Waals surface area contributed by atoms with Crippen molar-refractivity contribution in [3.05, 3.63) is 24.3 Å². The van der Waals surface area contributed by atoms with E-state index in [1.165, 1.54) is 0 Å². The van der Waals surface area contributed by atoms with E-state index in [0.717, 1.165) is 31.9 Å². The van der Waals surface area contributed by atoms with Crippen LogP contribution in [0.2, 0.25) is 0 Å². The Balaban J connectivity index is 1.79. The lowest BCUT2D eigenvalue weighted by molar-refractivity contribution is -0.132. The minimum Gasteiger partial charge on any atom is -0.508 e. The van der Waals surface area contributed by atoms with Gasteiger partial charge in [0.25, 0.3) is 0 Å². The van der Waals surface area contributed by atoms with Crippen LogP contribution in [0.15, 0.2) is 24.3 Å². The molecule has 0 aliphatic carbocycles. The molecule has 0 saturated carbocycles. The van der Waals surface area contributed by atoms with Crippen LogP contribution in [0.1, 0.15) is 20.3 Å². The lowest BCUT2D eigenvalue weighted by atomic mass is 10.2. The van der Waals surface area contributed by atoms with Gasteiger partial charge in [-0.3, -0.25) is 4.79 Å². The third kappa shape index (κ3) is 4.63. The van der Waals surface area contributed by atoms with Crippen molar-refractivity contribution in [1.82, 2.24) is 4.90 Å². The maximum absolute atomic E-state index is 12.1. The molecule has 1 aliphatic heterocycles. The van der Waals surface area contributed by atoms with Gasteiger partial charge in [-0.25, -0.2) is 0 Å². The molecule has 0 bridgehead atoms. The first-order valence-corrected chi connectivity index (χ1v) is 7.49. The van der Waals surface area contributed by atoms with Crippen LogP contribution < -0.4 is 4.90 Å². The molecule has 1 N–H and O–H groups in total. The second kappa shape index (κ2) is 7.31. The molecule has 1 heterocycles. The topological polar surface area (TPSA) is 53.0 Å². The summed E-state index contributed by atoms with van der Waals surface area (Å²) in [5.41, 5.74) is 1.00. The maximum atomic E-state index is 12.1. The third-order valence-electron chi connectivity index (χ3n) is 3.59. The molecule has 0 atom stereocenters. The third-order valence-corrected chi connectivity index (χ3v) is 3.59. The summed E-state index contributed by atoms with van der Waals surface area (Å²) < 4.78 is 5.42. The number of hydrogen-bond donors (Lipinski definition) is 1. The Hall–Kier alpha value is -1.75. The molecule has 1 amide bonds. The number of benzene rings is 1. The molecule has 1 aromatic carbocycles. The van der Waals surface area contributed by atoms with Gasteiger partial charge in [0.05, 0.1) is 19.1 Å². The Morgan fingerprint density at radius 2 is 2.00 bits per heavy atom. The minimum atomic E-state index is 0.159. The summed E-state index contributed by atoms with van der Waals surface area (Å²) in [5.74, 6) is 0.433. The van der Waals surface area contributed by atoms with Crippen molar-refractivity contribution >= 4 is 11.6 Å². The van der Waals surface area contributed by atoms with Gasteiger partial charge in [0.15, 0.2) is 0 Å². The number of phenols is 1. The number of ether oxygens (including phenoxy) is 1. The summed E-state index contributed by atoms with van der Waals surface area (Å²) in [6, 6.07) is 7.24. The quantitative estimate of drug-likeness (QED) is 0.900. The fourth-order valence-corrected chi connectivity index (χ4v) is 2.44. The number of carbonyl (C=O) groups excluding carboxylic acids is 1. The normalized spacial score (nSPS) is 15.6. The van der Waals surface area contributed by atoms with Gasteiger partial charge in [-0.05, 0) is 26.0 Å². The molecule has 2 rings (SSSR count). The first kappa shape index (κ1) is 15.6. The summed E-state index contributed by atoms with van der Waals surface area (Å²) in [4.78, 5) is 16.1. The first-order chi connectivity index (χ1) is 10.1. The van der Waals surface area contributed by atoms with E-state index < -0.39 is 0 Å². The Labute approximate surface area is 126 Å². The minimum absolute atomic E-state index is 0.159. The molecular weight excluding hydrogens is 268 g/mol. The van der Waals surface area contributed by atoms with Gasteiger partial charge < -0.3 is 19.6 Å². The van der Waals surface area contributed by atoms with E-state index in [-0.39, 0.29) is 17.8 Å². The number of rotatable bonds is 5. The van der Waals surface area contributed by atoms with Gasteiger partial charge in [0, 0.05) is 37.9 Å². The van der Waals surface area contributed by atoms with E-state index in [1.807, 2.05) is 30.9 Å². The predicted molar refractivity (Wildman–Crippen MR) is 82.6 cm³/mol. The molecule has 21 heavy (non-hydrogen) atoms. The number of phenolic OH excluding ortho intramolecular Hbond substituents is 1. The largest absolute Gasteiger partial charge is 0.508 e. The van der Waals surface area contributed by atoms with E-state index in [1.54, 1.807) is 12.1 Å². The highest BCUT2D eigenvalue weighted by atomic mass is 16.5. The van der Waals surface area contributed by atoms with Crippen molar-refractivity contribution in [1.29, 1.82) is 0 Å². The average molecular weight is 292 g/mol. The SMILES string of the molecule is CC(C)OCCC(=O)N1CCN(c2cccc(O)c2)CC1. The van der Waals surface area contributed by atoms with Gasteiger partial charge >= 0.3 is 0 Å². The van der Waals surface area contributed by atoms with Crippen LogP contribution in [0.4, 0.5) is 5.69 Å². The van der Waals surface area contributed by atoms with E-state index in [4.69, 9.17) is 4.74 Å². The van der Waals surface area contributed by atoms with Crippen LogP contribution in [0.3, 0.4) is 0 Å². The molecule has 1 aromatic rings. The van der Waals surface area contributed by atoms with Crippen LogP contribution in [-0.4, -0.2) is 54.8 Å². The zero-order valence-corrected chi connectivity index (χ0v) is 12.8. The van der Waals surface area contributed by atoms with E-state index >= 15 is 0 Å². The molecule has 0 radical (unpaired) electrons. The Morgan fingerprint density at radius 1 is 1.29 bits per heavy atom. The number of carbonyl (C=O) groups is 1. The molecule has 0 spiro atoms. The zero-order valence-electron chi connectivity index (χ0n) is 12.8. The van der Waals surface area contributed by atoms with Gasteiger partial charge in [0.2, 0.25) is 5.91 Å². The van der Waals surface area contributed by atoms with Crippen molar-refractivity contribution in [3.8, 4) is 5.75 Å². The Morgan fingerprint density at radius 3 is 2.62 bits per heavy atom. The van der Waals surface area contributed by atoms with Gasteiger partial charge in [-0.1, -0.05) is 6.07 Å². The fourth-order valence-electron chi connectivity index (χ4n) is 2.44. The lowest BCUT2D eigenvalue weighted by Gasteiger charge is -2.36. The highest BCUT2D eigenvalue weighted by Gasteiger charge is 2.21.